The second kappa shape index (κ2) is 4.85. The fraction of sp³-hybridized carbons (Fsp3) is 0.455. The molecule has 0 amide bonds. The van der Waals surface area contributed by atoms with Crippen LogP contribution in [0.3, 0.4) is 0 Å². The molecule has 0 radical (unpaired) electrons. The lowest BCUT2D eigenvalue weighted by atomic mass is 10.2. The summed E-state index contributed by atoms with van der Waals surface area (Å²) in [7, 11) is -3.30. The van der Waals surface area contributed by atoms with Crippen LogP contribution in [0.15, 0.2) is 29.2 Å². The molecule has 0 saturated heterocycles. The van der Waals surface area contributed by atoms with Crippen LogP contribution in [0.4, 0.5) is 0 Å². The van der Waals surface area contributed by atoms with Crippen molar-refractivity contribution >= 4 is 26.0 Å². The number of hydrogen-bond donors (Lipinski definition) is 1. The summed E-state index contributed by atoms with van der Waals surface area (Å²) in [5, 5.41) is 0.840. The third-order valence-electron chi connectivity index (χ3n) is 2.49. The smallest absolute Gasteiger partial charge is 0.208 e. The van der Waals surface area contributed by atoms with Crippen molar-refractivity contribution in [3.8, 4) is 0 Å². The SMILES string of the molecule is O=S(=O)(NC1CC1)c1cccc(CCBr)c1. The number of sulfonamides is 1. The zero-order valence-corrected chi connectivity index (χ0v) is 11.2. The van der Waals surface area contributed by atoms with Crippen molar-refractivity contribution in [2.45, 2.75) is 30.2 Å². The van der Waals surface area contributed by atoms with Gasteiger partial charge in [-0.2, -0.15) is 0 Å². The molecule has 1 aromatic carbocycles. The summed E-state index contributed by atoms with van der Waals surface area (Å²) in [6.45, 7) is 0. The predicted octanol–water partition coefficient (Wildman–Crippen LogP) is 2.06. The highest BCUT2D eigenvalue weighted by molar-refractivity contribution is 9.09. The molecule has 2 rings (SSSR count). The van der Waals surface area contributed by atoms with E-state index in [4.69, 9.17) is 0 Å². The van der Waals surface area contributed by atoms with E-state index in [-0.39, 0.29) is 6.04 Å². The third-order valence-corrected chi connectivity index (χ3v) is 4.41. The van der Waals surface area contributed by atoms with Gasteiger partial charge < -0.3 is 0 Å². The van der Waals surface area contributed by atoms with E-state index in [2.05, 4.69) is 20.7 Å². The summed E-state index contributed by atoms with van der Waals surface area (Å²) in [6, 6.07) is 7.27. The molecule has 1 fully saturated rings. The molecule has 0 heterocycles. The Kier molecular flexibility index (Phi) is 3.66. The largest absolute Gasteiger partial charge is 0.240 e. The molecule has 0 aromatic heterocycles. The van der Waals surface area contributed by atoms with E-state index in [1.54, 1.807) is 18.2 Å². The summed E-state index contributed by atoms with van der Waals surface area (Å²) >= 11 is 3.35. The predicted molar refractivity (Wildman–Crippen MR) is 67.3 cm³/mol. The Morgan fingerprint density at radius 1 is 1.38 bits per heavy atom. The zero-order valence-electron chi connectivity index (χ0n) is 8.82. The number of benzene rings is 1. The van der Waals surface area contributed by atoms with Crippen LogP contribution in [0.2, 0.25) is 0 Å². The Morgan fingerprint density at radius 3 is 2.75 bits per heavy atom. The molecule has 1 saturated carbocycles. The summed E-state index contributed by atoms with van der Waals surface area (Å²) in [5.74, 6) is 0. The van der Waals surface area contributed by atoms with Gasteiger partial charge in [0.1, 0.15) is 0 Å². The molecule has 1 aromatic rings. The molecule has 0 bridgehead atoms. The van der Waals surface area contributed by atoms with Crippen LogP contribution in [-0.4, -0.2) is 19.8 Å². The second-order valence-corrected chi connectivity index (χ2v) is 6.49. The first-order valence-electron chi connectivity index (χ1n) is 5.29. The molecular weight excluding hydrogens is 290 g/mol. The van der Waals surface area contributed by atoms with Gasteiger partial charge in [-0.25, -0.2) is 13.1 Å². The van der Waals surface area contributed by atoms with Gasteiger partial charge in [0.15, 0.2) is 0 Å². The second-order valence-electron chi connectivity index (χ2n) is 3.98. The van der Waals surface area contributed by atoms with Crippen molar-refractivity contribution in [2.75, 3.05) is 5.33 Å². The summed E-state index contributed by atoms with van der Waals surface area (Å²) < 4.78 is 26.5. The first kappa shape index (κ1) is 12.1. The van der Waals surface area contributed by atoms with E-state index >= 15 is 0 Å². The average molecular weight is 304 g/mol. The Morgan fingerprint density at radius 2 is 2.12 bits per heavy atom. The fourth-order valence-corrected chi connectivity index (χ4v) is 3.30. The lowest BCUT2D eigenvalue weighted by molar-refractivity contribution is 0.581. The maximum atomic E-state index is 11.9. The highest BCUT2D eigenvalue weighted by atomic mass is 79.9. The van der Waals surface area contributed by atoms with Crippen LogP contribution in [0.25, 0.3) is 0 Å². The standard InChI is InChI=1S/C11H14BrNO2S/c12-7-6-9-2-1-3-11(8-9)16(14,15)13-10-4-5-10/h1-3,8,10,13H,4-7H2. The number of halogens is 1. The number of aryl methyl sites for hydroxylation is 1. The van der Waals surface area contributed by atoms with Crippen LogP contribution in [-0.2, 0) is 16.4 Å². The van der Waals surface area contributed by atoms with Gasteiger partial charge in [0.25, 0.3) is 0 Å². The van der Waals surface area contributed by atoms with Gasteiger partial charge in [0.2, 0.25) is 10.0 Å². The maximum absolute atomic E-state index is 11.9. The maximum Gasteiger partial charge on any atom is 0.240 e. The van der Waals surface area contributed by atoms with Crippen molar-refractivity contribution in [1.82, 2.24) is 4.72 Å². The van der Waals surface area contributed by atoms with Crippen molar-refractivity contribution in [3.05, 3.63) is 29.8 Å². The molecule has 1 aliphatic carbocycles. The number of nitrogens with one attached hydrogen (secondary N) is 1. The Bertz CT molecular complexity index is 469. The first-order chi connectivity index (χ1) is 7.62. The monoisotopic (exact) mass is 303 g/mol. The van der Waals surface area contributed by atoms with Crippen LogP contribution < -0.4 is 4.72 Å². The first-order valence-corrected chi connectivity index (χ1v) is 7.89. The average Bonchev–Trinajstić information content (AvgIpc) is 3.02. The van der Waals surface area contributed by atoms with Crippen molar-refractivity contribution < 1.29 is 8.42 Å². The molecule has 3 nitrogen and oxygen atoms in total. The molecule has 0 atom stereocenters. The van der Waals surface area contributed by atoms with E-state index in [1.807, 2.05) is 6.07 Å². The Balaban J connectivity index is 2.21. The lowest BCUT2D eigenvalue weighted by Crippen LogP contribution is -2.25. The molecule has 0 unspecified atom stereocenters. The van der Waals surface area contributed by atoms with Gasteiger partial charge in [0, 0.05) is 11.4 Å². The summed E-state index contributed by atoms with van der Waals surface area (Å²) in [6.07, 6.45) is 2.76. The molecule has 1 aliphatic rings. The molecule has 1 N–H and O–H groups in total. The topological polar surface area (TPSA) is 46.2 Å². The number of rotatable bonds is 5. The van der Waals surface area contributed by atoms with Gasteiger partial charge in [-0.1, -0.05) is 28.1 Å². The van der Waals surface area contributed by atoms with E-state index in [0.29, 0.717) is 4.90 Å². The number of alkyl halides is 1. The van der Waals surface area contributed by atoms with Crippen molar-refractivity contribution in [1.29, 1.82) is 0 Å². The van der Waals surface area contributed by atoms with Gasteiger partial charge in [-0.15, -0.1) is 0 Å². The minimum absolute atomic E-state index is 0.157. The minimum atomic E-state index is -3.30. The molecule has 16 heavy (non-hydrogen) atoms. The molecule has 5 heteroatoms. The Hall–Kier alpha value is -0.390. The van der Waals surface area contributed by atoms with Gasteiger partial charge in [-0.05, 0) is 37.0 Å². The van der Waals surface area contributed by atoms with Crippen LogP contribution in [0.5, 0.6) is 0 Å². The van der Waals surface area contributed by atoms with Crippen LogP contribution in [0, 0.1) is 0 Å². The number of hydrogen-bond acceptors (Lipinski definition) is 2. The van der Waals surface area contributed by atoms with E-state index < -0.39 is 10.0 Å². The fourth-order valence-electron chi connectivity index (χ4n) is 1.47. The van der Waals surface area contributed by atoms with Gasteiger partial charge in [-0.3, -0.25) is 0 Å². The van der Waals surface area contributed by atoms with Gasteiger partial charge in [0.05, 0.1) is 4.90 Å². The minimum Gasteiger partial charge on any atom is -0.208 e. The highest BCUT2D eigenvalue weighted by Gasteiger charge is 2.27. The van der Waals surface area contributed by atoms with E-state index in [0.717, 1.165) is 30.2 Å². The molecule has 0 aliphatic heterocycles. The van der Waals surface area contributed by atoms with Crippen molar-refractivity contribution in [2.24, 2.45) is 0 Å². The summed E-state index contributed by atoms with van der Waals surface area (Å²) in [5.41, 5.74) is 1.04. The molecular formula is C11H14BrNO2S. The third kappa shape index (κ3) is 3.06. The van der Waals surface area contributed by atoms with Gasteiger partial charge >= 0.3 is 0 Å². The normalized spacial score (nSPS) is 16.3. The van der Waals surface area contributed by atoms with E-state index in [1.165, 1.54) is 0 Å². The quantitative estimate of drug-likeness (QED) is 0.847. The molecule has 88 valence electrons. The van der Waals surface area contributed by atoms with Crippen LogP contribution >= 0.6 is 15.9 Å². The highest BCUT2D eigenvalue weighted by Crippen LogP contribution is 2.22. The Labute approximate surface area is 104 Å². The lowest BCUT2D eigenvalue weighted by Gasteiger charge is -2.06. The van der Waals surface area contributed by atoms with Crippen molar-refractivity contribution in [3.63, 3.8) is 0 Å². The van der Waals surface area contributed by atoms with Crippen LogP contribution in [0.1, 0.15) is 18.4 Å². The molecule has 0 spiro atoms. The summed E-state index contributed by atoms with van der Waals surface area (Å²) in [4.78, 5) is 0.373. The zero-order chi connectivity index (χ0) is 11.6. The van der Waals surface area contributed by atoms with E-state index in [9.17, 15) is 8.42 Å².